The monoisotopic (exact) mass is 371 g/mol. The minimum absolute atomic E-state index is 0.164. The van der Waals surface area contributed by atoms with E-state index in [-0.39, 0.29) is 11.8 Å². The number of carbonyl (C=O) groups excluding carboxylic acids is 2. The quantitative estimate of drug-likeness (QED) is 0.875. The van der Waals surface area contributed by atoms with Crippen LogP contribution >= 0.6 is 11.8 Å². The number of benzene rings is 1. The van der Waals surface area contributed by atoms with Crippen molar-refractivity contribution in [1.82, 2.24) is 10.1 Å². The molecule has 0 bridgehead atoms. The van der Waals surface area contributed by atoms with Gasteiger partial charge in [0.1, 0.15) is 5.76 Å². The average molecular weight is 371 g/mol. The maximum atomic E-state index is 12.3. The molecule has 2 aromatic rings. The summed E-state index contributed by atoms with van der Waals surface area (Å²) in [5.41, 5.74) is 1.93. The van der Waals surface area contributed by atoms with E-state index in [1.54, 1.807) is 6.07 Å². The van der Waals surface area contributed by atoms with E-state index in [2.05, 4.69) is 10.5 Å². The fourth-order valence-corrected chi connectivity index (χ4v) is 3.86. The van der Waals surface area contributed by atoms with Gasteiger partial charge in [0, 0.05) is 42.3 Å². The molecule has 2 heterocycles. The molecule has 4 rings (SSSR count). The van der Waals surface area contributed by atoms with Gasteiger partial charge in [-0.25, -0.2) is 0 Å². The van der Waals surface area contributed by atoms with E-state index >= 15 is 0 Å². The number of carbonyl (C=O) groups is 2. The Bertz CT molecular complexity index is 793. The number of aromatic nitrogens is 1. The number of nitrogens with one attached hydrogen (secondary N) is 1. The normalized spacial score (nSPS) is 17.2. The SMILES string of the molecule is O=C(Nc1ccc(CC(=O)N2CCSCC2)cc1)c1cc(C2CC2)on1. The van der Waals surface area contributed by atoms with Crippen LogP contribution in [0.4, 0.5) is 5.69 Å². The van der Waals surface area contributed by atoms with Crippen LogP contribution in [0.2, 0.25) is 0 Å². The van der Waals surface area contributed by atoms with Gasteiger partial charge in [0.15, 0.2) is 5.69 Å². The summed E-state index contributed by atoms with van der Waals surface area (Å²) in [5, 5.41) is 6.66. The lowest BCUT2D eigenvalue weighted by Crippen LogP contribution is -2.38. The molecule has 0 atom stereocenters. The molecule has 136 valence electrons. The second kappa shape index (κ2) is 7.53. The Morgan fingerprint density at radius 3 is 2.62 bits per heavy atom. The van der Waals surface area contributed by atoms with Crippen molar-refractivity contribution in [3.8, 4) is 0 Å². The lowest BCUT2D eigenvalue weighted by Gasteiger charge is -2.26. The third kappa shape index (κ3) is 4.09. The Morgan fingerprint density at radius 2 is 1.92 bits per heavy atom. The van der Waals surface area contributed by atoms with E-state index in [9.17, 15) is 9.59 Å². The molecule has 1 aromatic heterocycles. The van der Waals surface area contributed by atoms with Gasteiger partial charge in [0.05, 0.1) is 6.42 Å². The Balaban J connectivity index is 1.33. The van der Waals surface area contributed by atoms with E-state index < -0.39 is 0 Å². The van der Waals surface area contributed by atoms with Gasteiger partial charge in [0.25, 0.3) is 5.91 Å². The van der Waals surface area contributed by atoms with Crippen LogP contribution < -0.4 is 5.32 Å². The number of hydrogen-bond acceptors (Lipinski definition) is 5. The second-order valence-electron chi connectivity index (χ2n) is 6.71. The highest BCUT2D eigenvalue weighted by Crippen LogP contribution is 2.40. The molecule has 6 nitrogen and oxygen atoms in total. The maximum Gasteiger partial charge on any atom is 0.277 e. The third-order valence-corrected chi connectivity index (χ3v) is 5.61. The van der Waals surface area contributed by atoms with E-state index in [4.69, 9.17) is 4.52 Å². The van der Waals surface area contributed by atoms with Crippen molar-refractivity contribution in [2.45, 2.75) is 25.2 Å². The Hall–Kier alpha value is -2.28. The first-order chi connectivity index (χ1) is 12.7. The molecular formula is C19H21N3O3S. The Kier molecular flexibility index (Phi) is 4.97. The number of hydrogen-bond donors (Lipinski definition) is 1. The summed E-state index contributed by atoms with van der Waals surface area (Å²) in [6.45, 7) is 1.66. The molecule has 0 spiro atoms. The summed E-state index contributed by atoms with van der Waals surface area (Å²) >= 11 is 1.89. The van der Waals surface area contributed by atoms with Crippen molar-refractivity contribution in [3.63, 3.8) is 0 Å². The van der Waals surface area contributed by atoms with Gasteiger partial charge in [0.2, 0.25) is 5.91 Å². The molecule has 2 fully saturated rings. The zero-order chi connectivity index (χ0) is 17.9. The molecule has 1 aliphatic carbocycles. The highest BCUT2D eigenvalue weighted by molar-refractivity contribution is 7.99. The summed E-state index contributed by atoms with van der Waals surface area (Å²) in [7, 11) is 0. The maximum absolute atomic E-state index is 12.3. The van der Waals surface area contributed by atoms with E-state index in [1.165, 1.54) is 0 Å². The predicted octanol–water partition coefficient (Wildman–Crippen LogP) is 2.92. The van der Waals surface area contributed by atoms with Crippen LogP contribution in [-0.2, 0) is 11.2 Å². The molecule has 0 unspecified atom stereocenters. The summed E-state index contributed by atoms with van der Waals surface area (Å²) in [4.78, 5) is 26.5. The third-order valence-electron chi connectivity index (χ3n) is 4.67. The number of nitrogens with zero attached hydrogens (tertiary/aromatic N) is 2. The van der Waals surface area contributed by atoms with Crippen LogP contribution in [0.5, 0.6) is 0 Å². The van der Waals surface area contributed by atoms with Crippen LogP contribution in [0.1, 0.15) is 40.6 Å². The van der Waals surface area contributed by atoms with Gasteiger partial charge >= 0.3 is 0 Å². The molecule has 1 saturated carbocycles. The molecule has 1 aliphatic heterocycles. The summed E-state index contributed by atoms with van der Waals surface area (Å²) in [6, 6.07) is 9.11. The van der Waals surface area contributed by atoms with Crippen molar-refractivity contribution >= 4 is 29.3 Å². The number of amides is 2. The first-order valence-electron chi connectivity index (χ1n) is 8.91. The minimum atomic E-state index is -0.282. The second-order valence-corrected chi connectivity index (χ2v) is 7.93. The van der Waals surface area contributed by atoms with Crippen LogP contribution in [0.15, 0.2) is 34.9 Å². The van der Waals surface area contributed by atoms with Crippen LogP contribution in [0.25, 0.3) is 0 Å². The molecule has 7 heteroatoms. The standard InChI is InChI=1S/C19H21N3O3S/c23-18(22-7-9-26-10-8-22)11-13-1-5-15(6-2-13)20-19(24)16-12-17(25-21-16)14-3-4-14/h1-2,5-6,12,14H,3-4,7-11H2,(H,20,24). The fraction of sp³-hybridized carbons (Fsp3) is 0.421. The lowest BCUT2D eigenvalue weighted by molar-refractivity contribution is -0.130. The highest BCUT2D eigenvalue weighted by Gasteiger charge is 2.28. The van der Waals surface area contributed by atoms with Crippen molar-refractivity contribution in [2.24, 2.45) is 0 Å². The van der Waals surface area contributed by atoms with E-state index in [0.29, 0.717) is 23.7 Å². The summed E-state index contributed by atoms with van der Waals surface area (Å²) in [6.07, 6.45) is 2.60. The van der Waals surface area contributed by atoms with Crippen molar-refractivity contribution in [2.75, 3.05) is 29.9 Å². The summed E-state index contributed by atoms with van der Waals surface area (Å²) in [5.74, 6) is 3.13. The number of anilines is 1. The van der Waals surface area contributed by atoms with Crippen molar-refractivity contribution in [3.05, 3.63) is 47.3 Å². The first kappa shape index (κ1) is 17.1. The molecule has 26 heavy (non-hydrogen) atoms. The number of rotatable bonds is 5. The molecule has 2 aliphatic rings. The van der Waals surface area contributed by atoms with Crippen LogP contribution in [-0.4, -0.2) is 46.5 Å². The fourth-order valence-electron chi connectivity index (χ4n) is 2.96. The zero-order valence-electron chi connectivity index (χ0n) is 14.4. The van der Waals surface area contributed by atoms with Crippen molar-refractivity contribution < 1.29 is 14.1 Å². The van der Waals surface area contributed by atoms with Crippen LogP contribution in [0, 0.1) is 0 Å². The Labute approximate surface area is 156 Å². The molecule has 0 radical (unpaired) electrons. The molecule has 2 amide bonds. The van der Waals surface area contributed by atoms with Gasteiger partial charge in [-0.3, -0.25) is 9.59 Å². The number of thioether (sulfide) groups is 1. The van der Waals surface area contributed by atoms with E-state index in [0.717, 1.165) is 48.8 Å². The van der Waals surface area contributed by atoms with Gasteiger partial charge in [-0.1, -0.05) is 17.3 Å². The largest absolute Gasteiger partial charge is 0.360 e. The summed E-state index contributed by atoms with van der Waals surface area (Å²) < 4.78 is 5.21. The lowest BCUT2D eigenvalue weighted by atomic mass is 10.1. The van der Waals surface area contributed by atoms with Gasteiger partial charge in [-0.2, -0.15) is 11.8 Å². The molecule has 1 N–H and O–H groups in total. The van der Waals surface area contributed by atoms with Gasteiger partial charge in [-0.15, -0.1) is 0 Å². The Morgan fingerprint density at radius 1 is 1.19 bits per heavy atom. The smallest absolute Gasteiger partial charge is 0.277 e. The zero-order valence-corrected chi connectivity index (χ0v) is 15.3. The van der Waals surface area contributed by atoms with Crippen molar-refractivity contribution in [1.29, 1.82) is 0 Å². The molecular weight excluding hydrogens is 350 g/mol. The molecule has 1 saturated heterocycles. The minimum Gasteiger partial charge on any atom is -0.360 e. The molecule has 1 aromatic carbocycles. The van der Waals surface area contributed by atoms with E-state index in [1.807, 2.05) is 40.9 Å². The average Bonchev–Trinajstić information content (AvgIpc) is 3.40. The van der Waals surface area contributed by atoms with Crippen LogP contribution in [0.3, 0.4) is 0 Å². The topological polar surface area (TPSA) is 75.4 Å². The first-order valence-corrected chi connectivity index (χ1v) is 10.1. The highest BCUT2D eigenvalue weighted by atomic mass is 32.2. The predicted molar refractivity (Wildman–Crippen MR) is 100 cm³/mol. The van der Waals surface area contributed by atoms with Gasteiger partial charge < -0.3 is 14.7 Å². The van der Waals surface area contributed by atoms with Gasteiger partial charge in [-0.05, 0) is 30.5 Å².